The van der Waals surface area contributed by atoms with Crippen molar-refractivity contribution < 1.29 is 0 Å². The van der Waals surface area contributed by atoms with Crippen molar-refractivity contribution in [3.8, 4) is 6.07 Å². The molecular weight excluding hydrogens is 258 g/mol. The van der Waals surface area contributed by atoms with Gasteiger partial charge in [-0.1, -0.05) is 6.07 Å². The summed E-state index contributed by atoms with van der Waals surface area (Å²) in [6.07, 6.45) is 0.487. The Hall–Kier alpha value is -0.850. The first kappa shape index (κ1) is 9.70. The zero-order chi connectivity index (χ0) is 10.1. The number of thiophene rings is 1. The summed E-state index contributed by atoms with van der Waals surface area (Å²) in [6, 6.07) is 8.54. The van der Waals surface area contributed by atoms with Crippen LogP contribution in [0.5, 0.6) is 0 Å². The molecule has 2 rings (SSSR count). The Bertz CT molecular complexity index is 522. The van der Waals surface area contributed by atoms with Crippen molar-refractivity contribution in [2.45, 2.75) is 13.3 Å². The van der Waals surface area contributed by atoms with Crippen molar-refractivity contribution in [1.29, 1.82) is 5.26 Å². The van der Waals surface area contributed by atoms with Crippen LogP contribution in [-0.2, 0) is 6.42 Å². The van der Waals surface area contributed by atoms with Gasteiger partial charge < -0.3 is 0 Å². The van der Waals surface area contributed by atoms with Gasteiger partial charge in [-0.3, -0.25) is 0 Å². The molecule has 0 atom stereocenters. The van der Waals surface area contributed by atoms with Gasteiger partial charge in [-0.25, -0.2) is 0 Å². The summed E-state index contributed by atoms with van der Waals surface area (Å²) >= 11 is 5.18. The Morgan fingerprint density at radius 1 is 1.43 bits per heavy atom. The third kappa shape index (κ3) is 1.68. The molecule has 0 saturated heterocycles. The molecule has 0 radical (unpaired) electrons. The number of benzene rings is 1. The minimum Gasteiger partial charge on any atom is -0.198 e. The average Bonchev–Trinajstić information content (AvgIpc) is 2.45. The van der Waals surface area contributed by atoms with Crippen LogP contribution in [0.1, 0.15) is 11.1 Å². The van der Waals surface area contributed by atoms with E-state index in [1.807, 2.05) is 0 Å². The predicted molar refractivity (Wildman–Crippen MR) is 63.6 cm³/mol. The second-order valence-electron chi connectivity index (χ2n) is 3.22. The van der Waals surface area contributed by atoms with Gasteiger partial charge in [-0.2, -0.15) is 5.26 Å². The van der Waals surface area contributed by atoms with Crippen LogP contribution < -0.4 is 0 Å². The summed E-state index contributed by atoms with van der Waals surface area (Å²) < 4.78 is 2.37. The highest BCUT2D eigenvalue weighted by Gasteiger charge is 2.05. The molecule has 0 fully saturated rings. The molecule has 0 spiro atoms. The quantitative estimate of drug-likeness (QED) is 0.764. The molecule has 3 heteroatoms. The molecule has 1 aromatic carbocycles. The van der Waals surface area contributed by atoms with Crippen molar-refractivity contribution in [3.63, 3.8) is 0 Å². The van der Waals surface area contributed by atoms with E-state index >= 15 is 0 Å². The fourth-order valence-electron chi connectivity index (χ4n) is 1.56. The van der Waals surface area contributed by atoms with E-state index in [4.69, 9.17) is 5.26 Å². The number of aryl methyl sites for hydroxylation is 1. The highest BCUT2D eigenvalue weighted by atomic mass is 79.9. The molecule has 0 unspecified atom stereocenters. The molecule has 1 nitrogen and oxygen atoms in total. The van der Waals surface area contributed by atoms with Crippen LogP contribution >= 0.6 is 27.3 Å². The van der Waals surface area contributed by atoms with E-state index in [1.165, 1.54) is 15.6 Å². The minimum atomic E-state index is 0.487. The minimum absolute atomic E-state index is 0.487. The second kappa shape index (κ2) is 3.72. The summed E-state index contributed by atoms with van der Waals surface area (Å²) in [5.74, 6) is 0. The second-order valence-corrected chi connectivity index (χ2v) is 5.68. The van der Waals surface area contributed by atoms with Crippen LogP contribution in [0.2, 0.25) is 0 Å². The summed E-state index contributed by atoms with van der Waals surface area (Å²) in [4.78, 5) is 0. The summed E-state index contributed by atoms with van der Waals surface area (Å²) in [6.45, 7) is 2.06. The van der Waals surface area contributed by atoms with E-state index in [2.05, 4.69) is 47.1 Å². The van der Waals surface area contributed by atoms with Crippen molar-refractivity contribution in [2.24, 2.45) is 0 Å². The van der Waals surface area contributed by atoms with Gasteiger partial charge in [-0.05, 0) is 51.5 Å². The molecule has 0 saturated carbocycles. The van der Waals surface area contributed by atoms with E-state index in [-0.39, 0.29) is 0 Å². The largest absolute Gasteiger partial charge is 0.198 e. The SMILES string of the molecule is Cc1cc(CC#N)c2cc(Br)sc2c1. The monoisotopic (exact) mass is 265 g/mol. The van der Waals surface area contributed by atoms with Gasteiger partial charge >= 0.3 is 0 Å². The molecular formula is C11H8BrNS. The van der Waals surface area contributed by atoms with Crippen LogP contribution in [0.25, 0.3) is 10.1 Å². The van der Waals surface area contributed by atoms with Gasteiger partial charge in [0.15, 0.2) is 0 Å². The number of hydrogen-bond acceptors (Lipinski definition) is 2. The first-order valence-corrected chi connectivity index (χ1v) is 5.87. The summed E-state index contributed by atoms with van der Waals surface area (Å²) in [5.41, 5.74) is 2.35. The Kier molecular flexibility index (Phi) is 2.58. The maximum atomic E-state index is 8.72. The smallest absolute Gasteiger partial charge is 0.0711 e. The first-order chi connectivity index (χ1) is 6.70. The first-order valence-electron chi connectivity index (χ1n) is 4.26. The maximum absolute atomic E-state index is 8.72. The van der Waals surface area contributed by atoms with Crippen molar-refractivity contribution in [2.75, 3.05) is 0 Å². The van der Waals surface area contributed by atoms with Gasteiger partial charge in [0.05, 0.1) is 16.3 Å². The van der Waals surface area contributed by atoms with Crippen LogP contribution in [-0.4, -0.2) is 0 Å². The Balaban J connectivity index is 2.74. The fourth-order valence-corrected chi connectivity index (χ4v) is 3.25. The Labute approximate surface area is 95.1 Å². The molecule has 70 valence electrons. The number of halogens is 1. The lowest BCUT2D eigenvalue weighted by molar-refractivity contribution is 1.27. The zero-order valence-corrected chi connectivity index (χ0v) is 10.1. The normalized spacial score (nSPS) is 10.4. The Morgan fingerprint density at radius 2 is 2.21 bits per heavy atom. The van der Waals surface area contributed by atoms with Crippen LogP contribution in [0.4, 0.5) is 0 Å². The topological polar surface area (TPSA) is 23.8 Å². The average molecular weight is 266 g/mol. The molecule has 0 amide bonds. The van der Waals surface area contributed by atoms with E-state index in [0.29, 0.717) is 6.42 Å². The van der Waals surface area contributed by atoms with Gasteiger partial charge in [0.1, 0.15) is 0 Å². The summed E-state index contributed by atoms with van der Waals surface area (Å²) in [7, 11) is 0. The van der Waals surface area contributed by atoms with E-state index < -0.39 is 0 Å². The third-order valence-electron chi connectivity index (χ3n) is 2.11. The lowest BCUT2D eigenvalue weighted by atomic mass is 10.1. The van der Waals surface area contributed by atoms with Crippen LogP contribution in [0.15, 0.2) is 22.0 Å². The van der Waals surface area contributed by atoms with Gasteiger partial charge in [0, 0.05) is 4.70 Å². The van der Waals surface area contributed by atoms with E-state index in [0.717, 1.165) is 9.35 Å². The zero-order valence-electron chi connectivity index (χ0n) is 7.67. The van der Waals surface area contributed by atoms with Gasteiger partial charge in [-0.15, -0.1) is 11.3 Å². The van der Waals surface area contributed by atoms with E-state index in [1.54, 1.807) is 11.3 Å². The van der Waals surface area contributed by atoms with Crippen molar-refractivity contribution in [1.82, 2.24) is 0 Å². The maximum Gasteiger partial charge on any atom is 0.0711 e. The van der Waals surface area contributed by atoms with Crippen molar-refractivity contribution in [3.05, 3.63) is 33.1 Å². The number of hydrogen-bond donors (Lipinski definition) is 0. The van der Waals surface area contributed by atoms with E-state index in [9.17, 15) is 0 Å². The lowest BCUT2D eigenvalue weighted by Crippen LogP contribution is -1.83. The fraction of sp³-hybridized carbons (Fsp3) is 0.182. The Morgan fingerprint density at radius 3 is 2.93 bits per heavy atom. The molecule has 0 N–H and O–H groups in total. The predicted octanol–water partition coefficient (Wildman–Crippen LogP) is 4.04. The van der Waals surface area contributed by atoms with Gasteiger partial charge in [0.25, 0.3) is 0 Å². The number of nitriles is 1. The van der Waals surface area contributed by atoms with Gasteiger partial charge in [0.2, 0.25) is 0 Å². The standard InChI is InChI=1S/C11H8BrNS/c1-7-4-8(2-3-13)9-6-11(12)14-10(9)5-7/h4-6H,2H2,1H3. The van der Waals surface area contributed by atoms with Crippen molar-refractivity contribution >= 4 is 37.4 Å². The van der Waals surface area contributed by atoms with Crippen LogP contribution in [0.3, 0.4) is 0 Å². The third-order valence-corrected chi connectivity index (χ3v) is 3.69. The van der Waals surface area contributed by atoms with Crippen LogP contribution in [0, 0.1) is 18.3 Å². The molecule has 14 heavy (non-hydrogen) atoms. The molecule has 1 heterocycles. The number of nitrogens with zero attached hydrogens (tertiary/aromatic N) is 1. The molecule has 0 aliphatic carbocycles. The molecule has 2 aromatic rings. The molecule has 0 aliphatic heterocycles. The molecule has 1 aromatic heterocycles. The molecule has 0 bridgehead atoms. The summed E-state index contributed by atoms with van der Waals surface area (Å²) in [5, 5.41) is 9.92. The number of fused-ring (bicyclic) bond motifs is 1. The highest BCUT2D eigenvalue weighted by Crippen LogP contribution is 2.32. The highest BCUT2D eigenvalue weighted by molar-refractivity contribution is 9.11. The number of rotatable bonds is 1. The lowest BCUT2D eigenvalue weighted by Gasteiger charge is -1.99. The molecule has 0 aliphatic rings.